The van der Waals surface area contributed by atoms with Crippen LogP contribution in [0.5, 0.6) is 5.75 Å². The number of ether oxygens (including phenoxy) is 1. The third-order valence-electron chi connectivity index (χ3n) is 3.63. The Hall–Kier alpha value is -1.88. The predicted molar refractivity (Wildman–Crippen MR) is 81.2 cm³/mol. The molecule has 112 valence electrons. The van der Waals surface area contributed by atoms with Crippen molar-refractivity contribution in [3.05, 3.63) is 42.0 Å². The number of hydrogen-bond acceptors (Lipinski definition) is 4. The average molecular weight is 286 g/mol. The Bertz CT molecular complexity index is 593. The number of para-hydroxylation sites is 1. The molecule has 1 aliphatic heterocycles. The normalized spacial score (nSPS) is 17.0. The van der Waals surface area contributed by atoms with E-state index in [9.17, 15) is 0 Å². The molecule has 5 nitrogen and oxygen atoms in total. The van der Waals surface area contributed by atoms with E-state index in [1.165, 1.54) is 5.56 Å². The molecule has 0 saturated heterocycles. The standard InChI is InChI=1S/C16H22N4O/c1-12(2)7-17-8-16-18-11-20(19-16)9-13-10-21-15-6-4-3-5-14(13)15/h3-6,11-13,17H,7-10H2,1-2H3. The fraction of sp³-hybridized carbons (Fsp3) is 0.500. The minimum Gasteiger partial charge on any atom is -0.493 e. The zero-order valence-electron chi connectivity index (χ0n) is 12.6. The molecule has 1 unspecified atom stereocenters. The second kappa shape index (κ2) is 6.26. The Kier molecular flexibility index (Phi) is 4.20. The zero-order valence-corrected chi connectivity index (χ0v) is 12.6. The summed E-state index contributed by atoms with van der Waals surface area (Å²) in [6.45, 7) is 7.63. The minimum absolute atomic E-state index is 0.361. The summed E-state index contributed by atoms with van der Waals surface area (Å²) in [6.07, 6.45) is 1.81. The van der Waals surface area contributed by atoms with Gasteiger partial charge in [-0.25, -0.2) is 4.98 Å². The lowest BCUT2D eigenvalue weighted by Crippen LogP contribution is -2.20. The van der Waals surface area contributed by atoms with E-state index in [0.717, 1.165) is 37.8 Å². The van der Waals surface area contributed by atoms with Crippen LogP contribution in [0.1, 0.15) is 31.2 Å². The van der Waals surface area contributed by atoms with Crippen LogP contribution in [0.3, 0.4) is 0 Å². The smallest absolute Gasteiger partial charge is 0.164 e. The molecule has 1 aliphatic rings. The Morgan fingerprint density at radius 2 is 2.24 bits per heavy atom. The van der Waals surface area contributed by atoms with Crippen LogP contribution in [0.25, 0.3) is 0 Å². The monoisotopic (exact) mass is 286 g/mol. The van der Waals surface area contributed by atoms with Gasteiger partial charge in [0.15, 0.2) is 5.82 Å². The van der Waals surface area contributed by atoms with Crippen molar-refractivity contribution in [3.8, 4) is 5.75 Å². The third-order valence-corrected chi connectivity index (χ3v) is 3.63. The molecule has 1 aromatic carbocycles. The molecule has 5 heteroatoms. The van der Waals surface area contributed by atoms with Gasteiger partial charge in [-0.1, -0.05) is 32.0 Å². The van der Waals surface area contributed by atoms with E-state index in [2.05, 4.69) is 41.4 Å². The molecule has 2 aromatic rings. The fourth-order valence-electron chi connectivity index (χ4n) is 2.58. The van der Waals surface area contributed by atoms with Gasteiger partial charge >= 0.3 is 0 Å². The van der Waals surface area contributed by atoms with Gasteiger partial charge < -0.3 is 10.1 Å². The number of hydrogen-bond donors (Lipinski definition) is 1. The number of nitrogens with one attached hydrogen (secondary N) is 1. The maximum atomic E-state index is 5.71. The molecule has 0 radical (unpaired) electrons. The number of benzene rings is 1. The molecule has 0 saturated carbocycles. The fourth-order valence-corrected chi connectivity index (χ4v) is 2.58. The van der Waals surface area contributed by atoms with Crippen LogP contribution in [0.4, 0.5) is 0 Å². The SMILES string of the molecule is CC(C)CNCc1ncn(CC2COc3ccccc32)n1. The van der Waals surface area contributed by atoms with Gasteiger partial charge in [0.1, 0.15) is 12.1 Å². The lowest BCUT2D eigenvalue weighted by atomic mass is 10.0. The highest BCUT2D eigenvalue weighted by molar-refractivity contribution is 5.39. The van der Waals surface area contributed by atoms with E-state index < -0.39 is 0 Å². The van der Waals surface area contributed by atoms with E-state index >= 15 is 0 Å². The van der Waals surface area contributed by atoms with Crippen molar-refractivity contribution < 1.29 is 4.74 Å². The molecular weight excluding hydrogens is 264 g/mol. The number of aromatic nitrogens is 3. The molecular formula is C16H22N4O. The maximum Gasteiger partial charge on any atom is 0.164 e. The molecule has 2 heterocycles. The lowest BCUT2D eigenvalue weighted by Gasteiger charge is -2.08. The van der Waals surface area contributed by atoms with Crippen molar-refractivity contribution in [2.75, 3.05) is 13.2 Å². The van der Waals surface area contributed by atoms with Gasteiger partial charge in [-0.3, -0.25) is 4.68 Å². The van der Waals surface area contributed by atoms with Gasteiger partial charge in [-0.2, -0.15) is 5.10 Å². The lowest BCUT2D eigenvalue weighted by molar-refractivity contribution is 0.314. The number of fused-ring (bicyclic) bond motifs is 1. The highest BCUT2D eigenvalue weighted by atomic mass is 16.5. The molecule has 0 fully saturated rings. The van der Waals surface area contributed by atoms with Crippen LogP contribution in [0.15, 0.2) is 30.6 Å². The molecule has 21 heavy (non-hydrogen) atoms. The van der Waals surface area contributed by atoms with Crippen LogP contribution >= 0.6 is 0 Å². The predicted octanol–water partition coefficient (Wildman–Crippen LogP) is 2.20. The van der Waals surface area contributed by atoms with Crippen LogP contribution in [0.2, 0.25) is 0 Å². The molecule has 3 rings (SSSR count). The van der Waals surface area contributed by atoms with Crippen LogP contribution in [-0.2, 0) is 13.1 Å². The van der Waals surface area contributed by atoms with Crippen LogP contribution < -0.4 is 10.1 Å². The van der Waals surface area contributed by atoms with E-state index in [4.69, 9.17) is 4.74 Å². The van der Waals surface area contributed by atoms with Gasteiger partial charge in [0.2, 0.25) is 0 Å². The van der Waals surface area contributed by atoms with Gasteiger partial charge in [0.25, 0.3) is 0 Å². The number of nitrogens with zero attached hydrogens (tertiary/aromatic N) is 3. The molecule has 1 aromatic heterocycles. The first-order valence-corrected chi connectivity index (χ1v) is 7.53. The summed E-state index contributed by atoms with van der Waals surface area (Å²) in [5.74, 6) is 2.85. The summed E-state index contributed by atoms with van der Waals surface area (Å²) in [7, 11) is 0. The molecule has 0 aliphatic carbocycles. The Morgan fingerprint density at radius 1 is 1.38 bits per heavy atom. The molecule has 0 spiro atoms. The summed E-state index contributed by atoms with van der Waals surface area (Å²) in [5, 5.41) is 7.89. The van der Waals surface area contributed by atoms with Gasteiger partial charge in [-0.05, 0) is 18.5 Å². The third kappa shape index (κ3) is 3.42. The summed E-state index contributed by atoms with van der Waals surface area (Å²) in [4.78, 5) is 4.36. The summed E-state index contributed by atoms with van der Waals surface area (Å²) < 4.78 is 7.63. The topological polar surface area (TPSA) is 52.0 Å². The van der Waals surface area contributed by atoms with Crippen LogP contribution in [0, 0.1) is 5.92 Å². The highest BCUT2D eigenvalue weighted by Crippen LogP contribution is 2.34. The van der Waals surface area contributed by atoms with Gasteiger partial charge in [0.05, 0.1) is 19.7 Å². The van der Waals surface area contributed by atoms with E-state index in [0.29, 0.717) is 11.8 Å². The number of rotatable bonds is 6. The zero-order chi connectivity index (χ0) is 14.7. The second-order valence-corrected chi connectivity index (χ2v) is 5.95. The van der Waals surface area contributed by atoms with E-state index in [-0.39, 0.29) is 0 Å². The summed E-state index contributed by atoms with van der Waals surface area (Å²) in [5.41, 5.74) is 1.27. The van der Waals surface area contributed by atoms with Crippen molar-refractivity contribution in [2.24, 2.45) is 5.92 Å². The van der Waals surface area contributed by atoms with Crippen molar-refractivity contribution >= 4 is 0 Å². The van der Waals surface area contributed by atoms with Crippen LogP contribution in [-0.4, -0.2) is 27.9 Å². The summed E-state index contributed by atoms with van der Waals surface area (Å²) in [6, 6.07) is 8.23. The highest BCUT2D eigenvalue weighted by Gasteiger charge is 2.24. The molecule has 1 atom stereocenters. The first-order valence-electron chi connectivity index (χ1n) is 7.53. The average Bonchev–Trinajstić information content (AvgIpc) is 3.07. The quantitative estimate of drug-likeness (QED) is 0.884. The largest absolute Gasteiger partial charge is 0.493 e. The maximum absolute atomic E-state index is 5.71. The van der Waals surface area contributed by atoms with E-state index in [1.807, 2.05) is 23.1 Å². The van der Waals surface area contributed by atoms with E-state index in [1.54, 1.807) is 0 Å². The molecule has 0 bridgehead atoms. The Labute approximate surface area is 125 Å². The molecule has 0 amide bonds. The van der Waals surface area contributed by atoms with Crippen molar-refractivity contribution in [2.45, 2.75) is 32.9 Å². The Balaban J connectivity index is 1.58. The van der Waals surface area contributed by atoms with Gasteiger partial charge in [-0.15, -0.1) is 0 Å². The second-order valence-electron chi connectivity index (χ2n) is 5.95. The molecule has 1 N–H and O–H groups in total. The van der Waals surface area contributed by atoms with Crippen molar-refractivity contribution in [1.29, 1.82) is 0 Å². The first kappa shape index (κ1) is 14.1. The van der Waals surface area contributed by atoms with Gasteiger partial charge in [0, 0.05) is 11.5 Å². The first-order chi connectivity index (χ1) is 10.2. The minimum atomic E-state index is 0.361. The summed E-state index contributed by atoms with van der Waals surface area (Å²) >= 11 is 0. The van der Waals surface area contributed by atoms with Crippen molar-refractivity contribution in [3.63, 3.8) is 0 Å². The Morgan fingerprint density at radius 3 is 3.10 bits per heavy atom. The van der Waals surface area contributed by atoms with Crippen molar-refractivity contribution in [1.82, 2.24) is 20.1 Å².